The Kier molecular flexibility index (Phi) is 4.94. The molecule has 88 valence electrons. The van der Waals surface area contributed by atoms with Crippen LogP contribution in [-0.4, -0.2) is 37.4 Å². The maximum absolute atomic E-state index is 11.6. The van der Waals surface area contributed by atoms with Gasteiger partial charge in [-0.3, -0.25) is 9.59 Å². The van der Waals surface area contributed by atoms with Crippen LogP contribution in [-0.2, 0) is 4.79 Å². The van der Waals surface area contributed by atoms with Crippen LogP contribution in [0, 0.1) is 0 Å². The van der Waals surface area contributed by atoms with Gasteiger partial charge in [0, 0.05) is 18.6 Å². The fraction of sp³-hybridized carbons (Fsp3) is 0.333. The van der Waals surface area contributed by atoms with Gasteiger partial charge in [0.15, 0.2) is 0 Å². The molecule has 1 N–H and O–H groups in total. The first-order valence-corrected chi connectivity index (χ1v) is 6.75. The quantitative estimate of drug-likeness (QED) is 0.886. The van der Waals surface area contributed by atoms with Crippen molar-refractivity contribution >= 4 is 55.0 Å². The fourth-order valence-corrected chi connectivity index (χ4v) is 2.81. The molecule has 1 aromatic heterocycles. The number of amides is 2. The van der Waals surface area contributed by atoms with E-state index in [1.54, 1.807) is 20.2 Å². The van der Waals surface area contributed by atoms with Crippen LogP contribution in [0.25, 0.3) is 0 Å². The zero-order valence-corrected chi connectivity index (χ0v) is 12.7. The molecule has 1 heterocycles. The van der Waals surface area contributed by atoms with Crippen LogP contribution in [0.3, 0.4) is 0 Å². The SMILES string of the molecule is CN(C)C(=O)CNC(=O)c1cc(Br)c(Br)s1. The Labute approximate surface area is 114 Å². The van der Waals surface area contributed by atoms with Crippen LogP contribution in [0.15, 0.2) is 14.3 Å². The van der Waals surface area contributed by atoms with Crippen molar-refractivity contribution in [1.82, 2.24) is 10.2 Å². The normalized spacial score (nSPS) is 10.0. The Balaban J connectivity index is 2.56. The summed E-state index contributed by atoms with van der Waals surface area (Å²) >= 11 is 7.92. The summed E-state index contributed by atoms with van der Waals surface area (Å²) < 4.78 is 1.69. The molecule has 0 aromatic carbocycles. The van der Waals surface area contributed by atoms with Crippen LogP contribution in [0.1, 0.15) is 9.67 Å². The van der Waals surface area contributed by atoms with E-state index in [0.29, 0.717) is 4.88 Å². The third kappa shape index (κ3) is 3.57. The van der Waals surface area contributed by atoms with Gasteiger partial charge in [0.2, 0.25) is 5.91 Å². The van der Waals surface area contributed by atoms with E-state index >= 15 is 0 Å². The molecule has 0 fully saturated rings. The number of hydrogen-bond acceptors (Lipinski definition) is 3. The van der Waals surface area contributed by atoms with Crippen molar-refractivity contribution in [1.29, 1.82) is 0 Å². The summed E-state index contributed by atoms with van der Waals surface area (Å²) in [4.78, 5) is 24.9. The Morgan fingerprint density at radius 2 is 2.06 bits per heavy atom. The van der Waals surface area contributed by atoms with E-state index in [1.165, 1.54) is 16.2 Å². The first-order valence-electron chi connectivity index (χ1n) is 4.35. The molecule has 0 aliphatic carbocycles. The number of halogens is 2. The number of nitrogens with zero attached hydrogens (tertiary/aromatic N) is 1. The molecule has 7 heteroatoms. The Bertz CT molecular complexity index is 398. The average Bonchev–Trinajstić information content (AvgIpc) is 2.55. The Hall–Kier alpha value is -0.400. The lowest BCUT2D eigenvalue weighted by molar-refractivity contribution is -0.127. The molecule has 2 amide bonds. The highest BCUT2D eigenvalue weighted by molar-refractivity contribution is 9.13. The summed E-state index contributed by atoms with van der Waals surface area (Å²) in [5, 5.41) is 2.56. The Morgan fingerprint density at radius 3 is 2.50 bits per heavy atom. The Morgan fingerprint density at radius 1 is 1.44 bits per heavy atom. The highest BCUT2D eigenvalue weighted by Crippen LogP contribution is 2.32. The van der Waals surface area contributed by atoms with Crippen LogP contribution in [0.5, 0.6) is 0 Å². The highest BCUT2D eigenvalue weighted by atomic mass is 79.9. The molecule has 0 unspecified atom stereocenters. The third-order valence-corrected chi connectivity index (χ3v) is 5.02. The van der Waals surface area contributed by atoms with Crippen molar-refractivity contribution in [2.75, 3.05) is 20.6 Å². The molecule has 0 aliphatic rings. The molecule has 0 aliphatic heterocycles. The summed E-state index contributed by atoms with van der Waals surface area (Å²) in [6, 6.07) is 1.71. The van der Waals surface area contributed by atoms with Crippen molar-refractivity contribution in [3.05, 3.63) is 19.2 Å². The summed E-state index contributed by atoms with van der Waals surface area (Å²) in [6.07, 6.45) is 0. The molecule has 1 rings (SSSR count). The number of likely N-dealkylation sites (N-methyl/N-ethyl adjacent to an activating group) is 1. The standard InChI is InChI=1S/C9H10Br2N2O2S/c1-13(2)7(14)4-12-9(15)6-3-5(10)8(11)16-6/h3H,4H2,1-2H3,(H,12,15). The number of carbonyl (C=O) groups is 2. The number of carbonyl (C=O) groups excluding carboxylic acids is 2. The van der Waals surface area contributed by atoms with Gasteiger partial charge in [-0.25, -0.2) is 0 Å². The van der Waals surface area contributed by atoms with E-state index in [-0.39, 0.29) is 18.4 Å². The largest absolute Gasteiger partial charge is 0.347 e. The van der Waals surface area contributed by atoms with Crippen molar-refractivity contribution in [3.63, 3.8) is 0 Å². The molecule has 4 nitrogen and oxygen atoms in total. The monoisotopic (exact) mass is 368 g/mol. The number of hydrogen-bond donors (Lipinski definition) is 1. The number of nitrogens with one attached hydrogen (secondary N) is 1. The lowest BCUT2D eigenvalue weighted by Gasteiger charge is -2.10. The number of thiophene rings is 1. The van der Waals surface area contributed by atoms with Gasteiger partial charge in [0.25, 0.3) is 5.91 Å². The van der Waals surface area contributed by atoms with Crippen LogP contribution in [0.2, 0.25) is 0 Å². The summed E-state index contributed by atoms with van der Waals surface area (Å²) in [5.41, 5.74) is 0. The lowest BCUT2D eigenvalue weighted by atomic mass is 10.4. The van der Waals surface area contributed by atoms with Gasteiger partial charge in [-0.05, 0) is 37.9 Å². The van der Waals surface area contributed by atoms with E-state index in [4.69, 9.17) is 0 Å². The van der Waals surface area contributed by atoms with Crippen molar-refractivity contribution < 1.29 is 9.59 Å². The van der Waals surface area contributed by atoms with Gasteiger partial charge in [-0.15, -0.1) is 11.3 Å². The predicted molar refractivity (Wildman–Crippen MR) is 70.7 cm³/mol. The van der Waals surface area contributed by atoms with Gasteiger partial charge in [0.05, 0.1) is 15.2 Å². The van der Waals surface area contributed by atoms with E-state index in [1.807, 2.05) is 0 Å². The van der Waals surface area contributed by atoms with Crippen LogP contribution in [0.4, 0.5) is 0 Å². The minimum absolute atomic E-state index is 0.0129. The molecule has 0 bridgehead atoms. The first kappa shape index (κ1) is 13.7. The molecule has 0 spiro atoms. The second kappa shape index (κ2) is 5.79. The van der Waals surface area contributed by atoms with Gasteiger partial charge in [-0.2, -0.15) is 0 Å². The summed E-state index contributed by atoms with van der Waals surface area (Å²) in [6.45, 7) is 0.0129. The summed E-state index contributed by atoms with van der Waals surface area (Å²) in [7, 11) is 3.29. The topological polar surface area (TPSA) is 49.4 Å². The lowest BCUT2D eigenvalue weighted by Crippen LogP contribution is -2.35. The predicted octanol–water partition coefficient (Wildman–Crippen LogP) is 2.09. The van der Waals surface area contributed by atoms with Gasteiger partial charge in [-0.1, -0.05) is 0 Å². The van der Waals surface area contributed by atoms with E-state index < -0.39 is 0 Å². The molecule has 0 radical (unpaired) electrons. The maximum Gasteiger partial charge on any atom is 0.261 e. The minimum atomic E-state index is -0.244. The smallest absolute Gasteiger partial charge is 0.261 e. The second-order valence-corrected chi connectivity index (χ2v) is 6.43. The van der Waals surface area contributed by atoms with Crippen molar-refractivity contribution in [2.45, 2.75) is 0 Å². The molecular formula is C9H10Br2N2O2S. The zero-order chi connectivity index (χ0) is 12.3. The van der Waals surface area contributed by atoms with Gasteiger partial charge in [0.1, 0.15) is 0 Å². The molecule has 0 atom stereocenters. The molecule has 0 saturated carbocycles. The molecular weight excluding hydrogens is 360 g/mol. The highest BCUT2D eigenvalue weighted by Gasteiger charge is 2.13. The minimum Gasteiger partial charge on any atom is -0.347 e. The molecule has 16 heavy (non-hydrogen) atoms. The summed E-state index contributed by atoms with van der Waals surface area (Å²) in [5.74, 6) is -0.380. The fourth-order valence-electron chi connectivity index (χ4n) is 0.860. The van der Waals surface area contributed by atoms with Crippen molar-refractivity contribution in [2.24, 2.45) is 0 Å². The van der Waals surface area contributed by atoms with Crippen molar-refractivity contribution in [3.8, 4) is 0 Å². The van der Waals surface area contributed by atoms with Gasteiger partial charge < -0.3 is 10.2 Å². The number of rotatable bonds is 3. The molecule has 1 aromatic rings. The zero-order valence-electron chi connectivity index (χ0n) is 8.71. The van der Waals surface area contributed by atoms with Crippen LogP contribution < -0.4 is 5.32 Å². The average molecular weight is 370 g/mol. The van der Waals surface area contributed by atoms with Gasteiger partial charge >= 0.3 is 0 Å². The first-order chi connectivity index (χ1) is 7.41. The maximum atomic E-state index is 11.6. The van der Waals surface area contributed by atoms with E-state index in [9.17, 15) is 9.59 Å². The van der Waals surface area contributed by atoms with E-state index in [0.717, 1.165) is 8.26 Å². The third-order valence-electron chi connectivity index (χ3n) is 1.77. The second-order valence-electron chi connectivity index (χ2n) is 3.20. The molecule has 0 saturated heterocycles. The van der Waals surface area contributed by atoms with Crippen LogP contribution >= 0.6 is 43.2 Å². The van der Waals surface area contributed by atoms with E-state index in [2.05, 4.69) is 37.2 Å².